The second-order valence-corrected chi connectivity index (χ2v) is 9.59. The summed E-state index contributed by atoms with van der Waals surface area (Å²) in [5, 5.41) is 8.13. The molecule has 2 aromatic rings. The lowest BCUT2D eigenvalue weighted by Gasteiger charge is -2.16. The smallest absolute Gasteiger partial charge is 0.262 e. The van der Waals surface area contributed by atoms with Gasteiger partial charge in [-0.15, -0.1) is 6.58 Å². The summed E-state index contributed by atoms with van der Waals surface area (Å²) in [5.41, 5.74) is 3.04. The number of carbonyl (C=O) groups is 3. The molecule has 2 bridgehead atoms. The quantitative estimate of drug-likeness (QED) is 0.321. The lowest BCUT2D eigenvalue weighted by molar-refractivity contribution is -0.140. The number of benzene rings is 2. The standard InChI is InChI=1S/C29H29N3O5/c1-4-7-21-12-18(15-30-32-28(34)25-19-10-11-20(14-19)26(25)29(32)35)13-23(36-3)27(21)37-16-24(33)31-22-9-6-5-8-17(22)2/h4-6,8-13,15,19-20,25-26H,1,7,14,16H2,2-3H3,(H,31,33). The number of hydrogen-bond donors (Lipinski definition) is 1. The van der Waals surface area contributed by atoms with Crippen molar-refractivity contribution in [3.05, 3.63) is 77.9 Å². The summed E-state index contributed by atoms with van der Waals surface area (Å²) in [7, 11) is 1.51. The van der Waals surface area contributed by atoms with Crippen molar-refractivity contribution in [2.24, 2.45) is 28.8 Å². The maximum absolute atomic E-state index is 12.9. The fourth-order valence-corrected chi connectivity index (χ4v) is 5.54. The number of anilines is 1. The first kappa shape index (κ1) is 24.5. The summed E-state index contributed by atoms with van der Waals surface area (Å²) in [4.78, 5) is 38.4. The van der Waals surface area contributed by atoms with Gasteiger partial charge in [0, 0.05) is 11.3 Å². The molecule has 4 unspecified atom stereocenters. The van der Waals surface area contributed by atoms with Crippen molar-refractivity contribution in [1.82, 2.24) is 5.01 Å². The van der Waals surface area contributed by atoms with Crippen LogP contribution in [0.25, 0.3) is 0 Å². The molecule has 1 saturated carbocycles. The van der Waals surface area contributed by atoms with Crippen molar-refractivity contribution in [2.75, 3.05) is 19.0 Å². The Morgan fingerprint density at radius 2 is 1.86 bits per heavy atom. The third-order valence-corrected chi connectivity index (χ3v) is 7.27. The molecule has 4 atom stereocenters. The van der Waals surface area contributed by atoms with Crippen molar-refractivity contribution in [3.63, 3.8) is 0 Å². The van der Waals surface area contributed by atoms with Gasteiger partial charge in [0.1, 0.15) is 0 Å². The van der Waals surface area contributed by atoms with Crippen molar-refractivity contribution in [1.29, 1.82) is 0 Å². The number of methoxy groups -OCH3 is 1. The SMILES string of the molecule is C=CCc1cc(C=NN2C(=O)C3C4C=CC(C4)C3C2=O)cc(OC)c1OCC(=O)Nc1ccccc1C. The monoisotopic (exact) mass is 499 g/mol. The largest absolute Gasteiger partial charge is 0.493 e. The number of allylic oxidation sites excluding steroid dienone is 3. The molecule has 8 nitrogen and oxygen atoms in total. The Morgan fingerprint density at radius 3 is 2.51 bits per heavy atom. The van der Waals surface area contributed by atoms with Gasteiger partial charge < -0.3 is 14.8 Å². The molecule has 3 amide bonds. The van der Waals surface area contributed by atoms with Gasteiger partial charge >= 0.3 is 0 Å². The molecule has 0 radical (unpaired) electrons. The Labute approximate surface area is 215 Å². The predicted molar refractivity (Wildman–Crippen MR) is 139 cm³/mol. The van der Waals surface area contributed by atoms with Crippen LogP contribution in [0.1, 0.15) is 23.1 Å². The van der Waals surface area contributed by atoms with Crippen LogP contribution in [-0.4, -0.2) is 42.7 Å². The summed E-state index contributed by atoms with van der Waals surface area (Å²) in [6.07, 6.45) is 8.63. The average Bonchev–Trinajstić information content (AvgIpc) is 3.57. The number of rotatable bonds is 9. The van der Waals surface area contributed by atoms with Crippen LogP contribution in [0.3, 0.4) is 0 Å². The minimum absolute atomic E-state index is 0.130. The van der Waals surface area contributed by atoms with E-state index in [1.165, 1.54) is 13.3 Å². The fourth-order valence-electron chi connectivity index (χ4n) is 5.54. The molecule has 5 rings (SSSR count). The van der Waals surface area contributed by atoms with Gasteiger partial charge in [0.25, 0.3) is 17.7 Å². The number of aryl methyl sites for hydroxylation is 1. The number of hydrogen-bond acceptors (Lipinski definition) is 6. The zero-order chi connectivity index (χ0) is 26.1. The van der Waals surface area contributed by atoms with Crippen LogP contribution in [0.4, 0.5) is 5.69 Å². The van der Waals surface area contributed by atoms with E-state index in [2.05, 4.69) is 29.1 Å². The van der Waals surface area contributed by atoms with E-state index in [0.29, 0.717) is 23.5 Å². The predicted octanol–water partition coefficient (Wildman–Crippen LogP) is 3.89. The second kappa shape index (κ2) is 10.0. The van der Waals surface area contributed by atoms with Gasteiger partial charge in [-0.2, -0.15) is 10.1 Å². The Hall–Kier alpha value is -4.20. The molecule has 2 aliphatic carbocycles. The number of ether oxygens (including phenoxy) is 2. The number of fused-ring (bicyclic) bond motifs is 5. The molecule has 1 aliphatic heterocycles. The highest BCUT2D eigenvalue weighted by molar-refractivity contribution is 6.06. The summed E-state index contributed by atoms with van der Waals surface area (Å²) < 4.78 is 11.4. The zero-order valence-electron chi connectivity index (χ0n) is 20.8. The highest BCUT2D eigenvalue weighted by Crippen LogP contribution is 2.52. The molecule has 3 aliphatic rings. The summed E-state index contributed by atoms with van der Waals surface area (Å²) in [6, 6.07) is 11.0. The molecule has 190 valence electrons. The molecule has 2 aromatic carbocycles. The van der Waals surface area contributed by atoms with E-state index in [1.807, 2.05) is 37.3 Å². The van der Waals surface area contributed by atoms with Crippen LogP contribution >= 0.6 is 0 Å². The van der Waals surface area contributed by atoms with Gasteiger partial charge in [0.05, 0.1) is 25.2 Å². The van der Waals surface area contributed by atoms with E-state index in [0.717, 1.165) is 28.2 Å². The first-order chi connectivity index (χ1) is 17.9. The van der Waals surface area contributed by atoms with Crippen LogP contribution < -0.4 is 14.8 Å². The molecule has 37 heavy (non-hydrogen) atoms. The van der Waals surface area contributed by atoms with E-state index < -0.39 is 0 Å². The van der Waals surface area contributed by atoms with Gasteiger partial charge in [-0.25, -0.2) is 0 Å². The molecule has 1 N–H and O–H groups in total. The topological polar surface area (TPSA) is 97.3 Å². The Morgan fingerprint density at radius 1 is 1.16 bits per heavy atom. The Kier molecular flexibility index (Phi) is 6.65. The number of carbonyl (C=O) groups excluding carboxylic acids is 3. The number of amides is 3. The normalized spacial score (nSPS) is 23.6. The van der Waals surface area contributed by atoms with Crippen LogP contribution in [0.15, 0.2) is 66.3 Å². The zero-order valence-corrected chi connectivity index (χ0v) is 20.8. The highest BCUT2D eigenvalue weighted by Gasteiger charge is 2.59. The minimum Gasteiger partial charge on any atom is -0.493 e. The molecule has 8 heteroatoms. The molecule has 0 aromatic heterocycles. The van der Waals surface area contributed by atoms with Crippen molar-refractivity contribution in [2.45, 2.75) is 19.8 Å². The molecular weight excluding hydrogens is 470 g/mol. The summed E-state index contributed by atoms with van der Waals surface area (Å²) in [5.74, 6) is -0.281. The maximum Gasteiger partial charge on any atom is 0.262 e. The lowest BCUT2D eigenvalue weighted by atomic mass is 9.85. The van der Waals surface area contributed by atoms with Gasteiger partial charge in [0.2, 0.25) is 0 Å². The van der Waals surface area contributed by atoms with E-state index in [-0.39, 0.29) is 48.0 Å². The van der Waals surface area contributed by atoms with E-state index >= 15 is 0 Å². The lowest BCUT2D eigenvalue weighted by Crippen LogP contribution is -2.28. The molecule has 2 fully saturated rings. The van der Waals surface area contributed by atoms with Crippen molar-refractivity contribution in [3.8, 4) is 11.5 Å². The number of para-hydroxylation sites is 1. The number of nitrogens with zero attached hydrogens (tertiary/aromatic N) is 2. The number of nitrogens with one attached hydrogen (secondary N) is 1. The summed E-state index contributed by atoms with van der Waals surface area (Å²) >= 11 is 0. The van der Waals surface area contributed by atoms with Gasteiger partial charge in [-0.05, 0) is 60.9 Å². The molecule has 1 heterocycles. The molecule has 0 spiro atoms. The van der Waals surface area contributed by atoms with Crippen LogP contribution in [0.5, 0.6) is 11.5 Å². The van der Waals surface area contributed by atoms with Crippen molar-refractivity contribution < 1.29 is 23.9 Å². The summed E-state index contributed by atoms with van der Waals surface area (Å²) in [6.45, 7) is 5.52. The first-order valence-corrected chi connectivity index (χ1v) is 12.3. The molecule has 1 saturated heterocycles. The molecular formula is C29H29N3O5. The maximum atomic E-state index is 12.9. The third kappa shape index (κ3) is 4.55. The number of imide groups is 1. The van der Waals surface area contributed by atoms with E-state index in [9.17, 15) is 14.4 Å². The first-order valence-electron chi connectivity index (χ1n) is 12.3. The van der Waals surface area contributed by atoms with Crippen LogP contribution in [0, 0.1) is 30.6 Å². The third-order valence-electron chi connectivity index (χ3n) is 7.27. The van der Waals surface area contributed by atoms with E-state index in [1.54, 1.807) is 12.1 Å². The van der Waals surface area contributed by atoms with Gasteiger partial charge in [0.15, 0.2) is 18.1 Å². The van der Waals surface area contributed by atoms with Crippen molar-refractivity contribution >= 4 is 29.6 Å². The second-order valence-electron chi connectivity index (χ2n) is 9.59. The van der Waals surface area contributed by atoms with Crippen LogP contribution in [-0.2, 0) is 20.8 Å². The minimum atomic E-state index is -0.299. The highest BCUT2D eigenvalue weighted by atomic mass is 16.5. The van der Waals surface area contributed by atoms with Gasteiger partial charge in [-0.1, -0.05) is 36.4 Å². The fraction of sp³-hybridized carbons (Fsp3) is 0.310. The Bertz CT molecular complexity index is 1300. The van der Waals surface area contributed by atoms with Crippen LogP contribution in [0.2, 0.25) is 0 Å². The van der Waals surface area contributed by atoms with Gasteiger partial charge in [-0.3, -0.25) is 14.4 Å². The van der Waals surface area contributed by atoms with E-state index in [4.69, 9.17) is 9.47 Å². The number of hydrazone groups is 1. The average molecular weight is 500 g/mol. The Balaban J connectivity index is 1.32.